The van der Waals surface area contributed by atoms with Gasteiger partial charge >= 0.3 is 0 Å². The van der Waals surface area contributed by atoms with Crippen molar-refractivity contribution >= 4 is 54.8 Å². The van der Waals surface area contributed by atoms with Crippen molar-refractivity contribution in [2.75, 3.05) is 11.5 Å². The number of hydrogen-bond acceptors (Lipinski definition) is 6. The number of pyridine rings is 2. The molecule has 2 aromatic carbocycles. The highest BCUT2D eigenvalue weighted by Crippen LogP contribution is 2.43. The Morgan fingerprint density at radius 3 is 1.54 bits per heavy atom. The van der Waals surface area contributed by atoms with Crippen LogP contribution in [0.4, 0.5) is 11.4 Å². The van der Waals surface area contributed by atoms with Crippen molar-refractivity contribution in [2.24, 2.45) is 0 Å². The minimum atomic E-state index is 0.743. The Morgan fingerprint density at radius 1 is 0.625 bits per heavy atom. The SMILES string of the molecule is Nc1ccc(SSc2ccc(N)c3cccnc23)c2ncccc12. The summed E-state index contributed by atoms with van der Waals surface area (Å²) < 4.78 is 0. The quantitative estimate of drug-likeness (QED) is 0.410. The van der Waals surface area contributed by atoms with Gasteiger partial charge in [-0.1, -0.05) is 21.6 Å². The minimum Gasteiger partial charge on any atom is -0.398 e. The minimum absolute atomic E-state index is 0.743. The van der Waals surface area contributed by atoms with Crippen LogP contribution in [0.15, 0.2) is 70.7 Å². The van der Waals surface area contributed by atoms with E-state index in [1.807, 2.05) is 48.5 Å². The van der Waals surface area contributed by atoms with Crippen molar-refractivity contribution in [3.05, 3.63) is 60.9 Å². The average molecular weight is 350 g/mol. The van der Waals surface area contributed by atoms with Gasteiger partial charge in [-0.25, -0.2) is 0 Å². The molecule has 2 aromatic heterocycles. The molecule has 0 aliphatic heterocycles. The van der Waals surface area contributed by atoms with E-state index in [1.165, 1.54) is 0 Å². The van der Waals surface area contributed by atoms with E-state index in [-0.39, 0.29) is 0 Å². The normalized spacial score (nSPS) is 11.2. The number of anilines is 2. The second-order valence-corrected chi connectivity index (χ2v) is 7.48. The maximum Gasteiger partial charge on any atom is 0.0867 e. The van der Waals surface area contributed by atoms with E-state index in [9.17, 15) is 0 Å². The van der Waals surface area contributed by atoms with Crippen LogP contribution in [0.5, 0.6) is 0 Å². The van der Waals surface area contributed by atoms with Crippen molar-refractivity contribution in [3.8, 4) is 0 Å². The van der Waals surface area contributed by atoms with Crippen LogP contribution in [-0.2, 0) is 0 Å². The van der Waals surface area contributed by atoms with Gasteiger partial charge in [0, 0.05) is 44.3 Å². The van der Waals surface area contributed by atoms with Crippen molar-refractivity contribution < 1.29 is 0 Å². The summed E-state index contributed by atoms with van der Waals surface area (Å²) in [5.41, 5.74) is 15.4. The van der Waals surface area contributed by atoms with Gasteiger partial charge in [-0.3, -0.25) is 9.97 Å². The summed E-state index contributed by atoms with van der Waals surface area (Å²) in [5.74, 6) is 0. The van der Waals surface area contributed by atoms with Gasteiger partial charge in [0.25, 0.3) is 0 Å². The Kier molecular flexibility index (Phi) is 3.92. The van der Waals surface area contributed by atoms with Crippen LogP contribution in [0, 0.1) is 0 Å². The summed E-state index contributed by atoms with van der Waals surface area (Å²) in [5, 5.41) is 1.95. The molecule has 24 heavy (non-hydrogen) atoms. The van der Waals surface area contributed by atoms with Gasteiger partial charge in [-0.05, 0) is 48.5 Å². The number of aromatic nitrogens is 2. The van der Waals surface area contributed by atoms with Crippen LogP contribution >= 0.6 is 21.6 Å². The molecule has 4 aromatic rings. The summed E-state index contributed by atoms with van der Waals surface area (Å²) in [4.78, 5) is 11.1. The third-order valence-electron chi connectivity index (χ3n) is 3.75. The lowest BCUT2D eigenvalue weighted by Crippen LogP contribution is -1.90. The van der Waals surface area contributed by atoms with Crippen LogP contribution in [0.25, 0.3) is 21.8 Å². The molecule has 6 heteroatoms. The van der Waals surface area contributed by atoms with E-state index in [1.54, 1.807) is 34.0 Å². The molecule has 0 amide bonds. The average Bonchev–Trinajstić information content (AvgIpc) is 2.63. The summed E-state index contributed by atoms with van der Waals surface area (Å²) in [6, 6.07) is 15.7. The topological polar surface area (TPSA) is 77.8 Å². The Hall–Kier alpha value is -2.44. The predicted octanol–water partition coefficient (Wildman–Crippen LogP) is 4.75. The van der Waals surface area contributed by atoms with Crippen LogP contribution in [-0.4, -0.2) is 9.97 Å². The Morgan fingerprint density at radius 2 is 1.08 bits per heavy atom. The zero-order chi connectivity index (χ0) is 16.5. The summed E-state index contributed by atoms with van der Waals surface area (Å²) >= 11 is 0. The van der Waals surface area contributed by atoms with E-state index in [0.717, 1.165) is 43.0 Å². The molecular formula is C18H14N4S2. The lowest BCUT2D eigenvalue weighted by molar-refractivity contribution is 1.35. The van der Waals surface area contributed by atoms with Crippen molar-refractivity contribution in [2.45, 2.75) is 9.79 Å². The molecule has 118 valence electrons. The predicted molar refractivity (Wildman–Crippen MR) is 104 cm³/mol. The number of benzene rings is 2. The van der Waals surface area contributed by atoms with E-state index < -0.39 is 0 Å². The zero-order valence-corrected chi connectivity index (χ0v) is 14.3. The van der Waals surface area contributed by atoms with Gasteiger partial charge in [0.05, 0.1) is 11.0 Å². The number of nitrogens with zero attached hydrogens (tertiary/aromatic N) is 2. The van der Waals surface area contributed by atoms with E-state index in [0.29, 0.717) is 0 Å². The number of fused-ring (bicyclic) bond motifs is 2. The molecule has 0 unspecified atom stereocenters. The second-order valence-electron chi connectivity index (χ2n) is 5.27. The van der Waals surface area contributed by atoms with Gasteiger partial charge in [0.2, 0.25) is 0 Å². The molecule has 4 nitrogen and oxygen atoms in total. The maximum absolute atomic E-state index is 6.04. The third kappa shape index (κ3) is 2.64. The van der Waals surface area contributed by atoms with Crippen molar-refractivity contribution in [1.82, 2.24) is 9.97 Å². The van der Waals surface area contributed by atoms with Crippen LogP contribution in [0.3, 0.4) is 0 Å². The lowest BCUT2D eigenvalue weighted by Gasteiger charge is -2.09. The van der Waals surface area contributed by atoms with Gasteiger partial charge in [0.1, 0.15) is 0 Å². The van der Waals surface area contributed by atoms with E-state index in [4.69, 9.17) is 11.5 Å². The Labute approximate surface area is 147 Å². The monoisotopic (exact) mass is 350 g/mol. The fraction of sp³-hybridized carbons (Fsp3) is 0. The molecule has 0 aliphatic carbocycles. The first-order valence-electron chi connectivity index (χ1n) is 7.35. The summed E-state index contributed by atoms with van der Waals surface area (Å²) in [6.45, 7) is 0. The zero-order valence-electron chi connectivity index (χ0n) is 12.6. The lowest BCUT2D eigenvalue weighted by atomic mass is 10.2. The van der Waals surface area contributed by atoms with Gasteiger partial charge in [-0.2, -0.15) is 0 Å². The molecule has 2 heterocycles. The highest BCUT2D eigenvalue weighted by atomic mass is 33.1. The Balaban J connectivity index is 1.72. The molecule has 0 saturated heterocycles. The first-order valence-corrected chi connectivity index (χ1v) is 9.50. The molecule has 4 rings (SSSR count). The number of nitrogens with two attached hydrogens (primary N) is 2. The molecule has 0 saturated carbocycles. The Bertz CT molecular complexity index is 964. The van der Waals surface area contributed by atoms with Gasteiger partial charge in [0.15, 0.2) is 0 Å². The molecule has 4 N–H and O–H groups in total. The first kappa shape index (κ1) is 15.1. The van der Waals surface area contributed by atoms with Gasteiger partial charge < -0.3 is 11.5 Å². The highest BCUT2D eigenvalue weighted by Gasteiger charge is 2.10. The fourth-order valence-corrected chi connectivity index (χ4v) is 4.82. The van der Waals surface area contributed by atoms with E-state index >= 15 is 0 Å². The maximum atomic E-state index is 6.04. The molecule has 0 atom stereocenters. The number of nitrogen functional groups attached to an aromatic ring is 2. The number of hydrogen-bond donors (Lipinski definition) is 2. The van der Waals surface area contributed by atoms with Gasteiger partial charge in [-0.15, -0.1) is 0 Å². The highest BCUT2D eigenvalue weighted by molar-refractivity contribution is 8.76. The largest absolute Gasteiger partial charge is 0.398 e. The molecule has 0 fully saturated rings. The molecule has 0 aliphatic rings. The molecule has 0 spiro atoms. The standard InChI is InChI=1S/C18H14N4S2/c19-13-5-7-15(17-11(13)3-1-9-21-17)23-24-16-8-6-14(20)12-4-2-10-22-18(12)16/h1-10H,19-20H2. The first-order chi connectivity index (χ1) is 11.7. The smallest absolute Gasteiger partial charge is 0.0867 e. The fourth-order valence-electron chi connectivity index (χ4n) is 2.56. The molecule has 0 bridgehead atoms. The third-order valence-corrected chi connectivity index (χ3v) is 6.18. The molecular weight excluding hydrogens is 336 g/mol. The number of rotatable bonds is 3. The van der Waals surface area contributed by atoms with Crippen molar-refractivity contribution in [3.63, 3.8) is 0 Å². The van der Waals surface area contributed by atoms with Crippen LogP contribution in [0.1, 0.15) is 0 Å². The molecule has 0 radical (unpaired) electrons. The second kappa shape index (κ2) is 6.22. The van der Waals surface area contributed by atoms with Crippen LogP contribution < -0.4 is 11.5 Å². The van der Waals surface area contributed by atoms with Crippen LogP contribution in [0.2, 0.25) is 0 Å². The summed E-state index contributed by atoms with van der Waals surface area (Å²) in [6.07, 6.45) is 3.58. The van der Waals surface area contributed by atoms with Crippen molar-refractivity contribution in [1.29, 1.82) is 0 Å². The van der Waals surface area contributed by atoms with E-state index in [2.05, 4.69) is 9.97 Å². The summed E-state index contributed by atoms with van der Waals surface area (Å²) in [7, 11) is 3.30.